The molecule has 0 aliphatic rings. The van der Waals surface area contributed by atoms with E-state index in [4.69, 9.17) is 16.3 Å². The average molecular weight is 314 g/mol. The first-order valence-electron chi connectivity index (χ1n) is 7.67. The Morgan fingerprint density at radius 3 is 2.76 bits per heavy atom. The fraction of sp³-hybridized carbons (Fsp3) is 0.688. The van der Waals surface area contributed by atoms with E-state index in [0.717, 1.165) is 55.7 Å². The fourth-order valence-corrected chi connectivity index (χ4v) is 2.30. The molecule has 0 fully saturated rings. The van der Waals surface area contributed by atoms with Crippen molar-refractivity contribution < 1.29 is 4.74 Å². The van der Waals surface area contributed by atoms with Crippen LogP contribution in [0.15, 0.2) is 12.1 Å². The lowest BCUT2D eigenvalue weighted by molar-refractivity contribution is 0.135. The number of hydrogen-bond acceptors (Lipinski definition) is 4. The van der Waals surface area contributed by atoms with Gasteiger partial charge >= 0.3 is 0 Å². The summed E-state index contributed by atoms with van der Waals surface area (Å²) in [7, 11) is 1.73. The number of nitrogens with zero attached hydrogens (tertiary/aromatic N) is 2. The summed E-state index contributed by atoms with van der Waals surface area (Å²) in [5.74, 6) is 1.49. The first-order valence-corrected chi connectivity index (χ1v) is 8.05. The van der Waals surface area contributed by atoms with Crippen LogP contribution in [-0.2, 0) is 11.3 Å². The van der Waals surface area contributed by atoms with Crippen molar-refractivity contribution in [3.63, 3.8) is 0 Å². The van der Waals surface area contributed by atoms with Gasteiger partial charge in [-0.2, -0.15) is 0 Å². The molecule has 0 spiro atoms. The molecule has 1 heterocycles. The van der Waals surface area contributed by atoms with Gasteiger partial charge in [-0.1, -0.05) is 32.4 Å². The van der Waals surface area contributed by atoms with Gasteiger partial charge in [0.25, 0.3) is 0 Å². The molecule has 0 atom stereocenters. The van der Waals surface area contributed by atoms with Crippen molar-refractivity contribution in [2.45, 2.75) is 33.7 Å². The molecule has 0 amide bonds. The quantitative estimate of drug-likeness (QED) is 0.715. The predicted molar refractivity (Wildman–Crippen MR) is 90.0 cm³/mol. The van der Waals surface area contributed by atoms with Gasteiger partial charge in [-0.3, -0.25) is 4.90 Å². The van der Waals surface area contributed by atoms with Gasteiger partial charge in [0.2, 0.25) is 0 Å². The molecule has 1 N–H and O–H groups in total. The van der Waals surface area contributed by atoms with Gasteiger partial charge in [0.05, 0.1) is 17.3 Å². The van der Waals surface area contributed by atoms with Gasteiger partial charge in [0, 0.05) is 33.3 Å². The Kier molecular flexibility index (Phi) is 8.66. The molecule has 0 bridgehead atoms. The minimum Gasteiger partial charge on any atom is -0.383 e. The lowest BCUT2D eigenvalue weighted by atomic mass is 10.2. The Morgan fingerprint density at radius 1 is 1.38 bits per heavy atom. The molecule has 0 saturated carbocycles. The number of nitrogens with one attached hydrogen (secondary N) is 1. The highest BCUT2D eigenvalue weighted by Crippen LogP contribution is 2.19. The van der Waals surface area contributed by atoms with E-state index in [2.05, 4.69) is 36.0 Å². The Morgan fingerprint density at radius 2 is 2.14 bits per heavy atom. The van der Waals surface area contributed by atoms with Crippen LogP contribution in [-0.4, -0.2) is 43.2 Å². The number of methoxy groups -OCH3 is 1. The highest BCUT2D eigenvalue weighted by Gasteiger charge is 2.12. The summed E-state index contributed by atoms with van der Waals surface area (Å²) >= 11 is 6.30. The molecule has 1 aromatic heterocycles. The molecular weight excluding hydrogens is 286 g/mol. The van der Waals surface area contributed by atoms with Crippen LogP contribution in [0.25, 0.3) is 0 Å². The molecule has 120 valence electrons. The third-order valence-electron chi connectivity index (χ3n) is 3.08. The number of anilines is 1. The second-order valence-electron chi connectivity index (χ2n) is 5.67. The number of hydrogen-bond donors (Lipinski definition) is 1. The average Bonchev–Trinajstić information content (AvgIpc) is 2.45. The topological polar surface area (TPSA) is 37.4 Å². The smallest absolute Gasteiger partial charge is 0.126 e. The highest BCUT2D eigenvalue weighted by atomic mass is 35.5. The van der Waals surface area contributed by atoms with Crippen molar-refractivity contribution in [3.05, 3.63) is 22.8 Å². The van der Waals surface area contributed by atoms with Crippen LogP contribution in [0.4, 0.5) is 5.82 Å². The molecule has 0 aromatic carbocycles. The lowest BCUT2D eigenvalue weighted by Crippen LogP contribution is -2.31. The van der Waals surface area contributed by atoms with E-state index in [1.54, 1.807) is 7.11 Å². The summed E-state index contributed by atoms with van der Waals surface area (Å²) < 4.78 is 5.19. The third kappa shape index (κ3) is 7.11. The maximum Gasteiger partial charge on any atom is 0.126 e. The Labute approximate surface area is 133 Å². The molecule has 0 unspecified atom stereocenters. The molecule has 1 rings (SSSR count). The maximum atomic E-state index is 6.30. The monoisotopic (exact) mass is 313 g/mol. The number of rotatable bonds is 10. The number of aromatic nitrogens is 1. The summed E-state index contributed by atoms with van der Waals surface area (Å²) in [5, 5.41) is 4.03. The summed E-state index contributed by atoms with van der Waals surface area (Å²) in [5.41, 5.74) is 0.925. The van der Waals surface area contributed by atoms with E-state index < -0.39 is 0 Å². The summed E-state index contributed by atoms with van der Waals surface area (Å²) in [6.45, 7) is 10.9. The summed E-state index contributed by atoms with van der Waals surface area (Å²) in [4.78, 5) is 6.98. The molecule has 1 aromatic rings. The van der Waals surface area contributed by atoms with E-state index in [9.17, 15) is 0 Å². The Balaban J connectivity index is 2.75. The Hall–Kier alpha value is -0.840. The first kappa shape index (κ1) is 18.2. The number of ether oxygens (including phenoxy) is 1. The molecule has 0 aliphatic heterocycles. The van der Waals surface area contributed by atoms with Crippen LogP contribution in [0.2, 0.25) is 5.02 Å². The zero-order valence-corrected chi connectivity index (χ0v) is 14.4. The van der Waals surface area contributed by atoms with Crippen LogP contribution >= 0.6 is 11.6 Å². The van der Waals surface area contributed by atoms with Crippen molar-refractivity contribution in [1.29, 1.82) is 0 Å². The molecule has 0 radical (unpaired) electrons. The normalized spacial score (nSPS) is 11.4. The summed E-state index contributed by atoms with van der Waals surface area (Å²) in [6, 6.07) is 3.86. The molecule has 4 nitrogen and oxygen atoms in total. The number of halogens is 1. The predicted octanol–water partition coefficient (Wildman–Crippen LogP) is 3.66. The van der Waals surface area contributed by atoms with Gasteiger partial charge < -0.3 is 10.1 Å². The molecule has 21 heavy (non-hydrogen) atoms. The first-order chi connectivity index (χ1) is 10.1. The van der Waals surface area contributed by atoms with Crippen molar-refractivity contribution in [3.8, 4) is 0 Å². The van der Waals surface area contributed by atoms with Crippen LogP contribution < -0.4 is 5.32 Å². The van der Waals surface area contributed by atoms with Crippen molar-refractivity contribution in [2.75, 3.05) is 38.7 Å². The molecule has 0 saturated heterocycles. The largest absolute Gasteiger partial charge is 0.383 e. The maximum absolute atomic E-state index is 6.30. The SMILES string of the molecule is CCCNc1ccc(Cl)c(CN(CCOC)CC(C)C)n1. The van der Waals surface area contributed by atoms with E-state index in [1.165, 1.54) is 0 Å². The van der Waals surface area contributed by atoms with Gasteiger partial charge in [-0.25, -0.2) is 4.98 Å². The zero-order chi connectivity index (χ0) is 15.7. The van der Waals surface area contributed by atoms with Crippen LogP contribution in [0.5, 0.6) is 0 Å². The van der Waals surface area contributed by atoms with Gasteiger partial charge in [-0.05, 0) is 24.5 Å². The third-order valence-corrected chi connectivity index (χ3v) is 3.43. The van der Waals surface area contributed by atoms with Crippen molar-refractivity contribution in [2.24, 2.45) is 5.92 Å². The van der Waals surface area contributed by atoms with Crippen molar-refractivity contribution >= 4 is 17.4 Å². The highest BCUT2D eigenvalue weighted by molar-refractivity contribution is 6.31. The van der Waals surface area contributed by atoms with E-state index in [-0.39, 0.29) is 0 Å². The van der Waals surface area contributed by atoms with Crippen LogP contribution in [0.1, 0.15) is 32.9 Å². The minimum absolute atomic E-state index is 0.599. The van der Waals surface area contributed by atoms with Gasteiger partial charge in [0.15, 0.2) is 0 Å². The minimum atomic E-state index is 0.599. The summed E-state index contributed by atoms with van der Waals surface area (Å²) in [6.07, 6.45) is 1.08. The molecular formula is C16H28ClN3O. The number of pyridine rings is 1. The standard InChI is InChI=1S/C16H28ClN3O/c1-5-8-18-16-7-6-14(17)15(19-16)12-20(9-10-21-4)11-13(2)3/h6-7,13H,5,8-12H2,1-4H3,(H,18,19). The second-order valence-corrected chi connectivity index (χ2v) is 6.08. The zero-order valence-electron chi connectivity index (χ0n) is 13.7. The lowest BCUT2D eigenvalue weighted by Gasteiger charge is -2.24. The van der Waals surface area contributed by atoms with E-state index in [1.807, 2.05) is 12.1 Å². The van der Waals surface area contributed by atoms with Crippen LogP contribution in [0.3, 0.4) is 0 Å². The van der Waals surface area contributed by atoms with Gasteiger partial charge in [0.1, 0.15) is 5.82 Å². The molecule has 5 heteroatoms. The second kappa shape index (κ2) is 9.98. The Bertz CT molecular complexity index is 413. The fourth-order valence-electron chi connectivity index (χ4n) is 2.13. The van der Waals surface area contributed by atoms with E-state index in [0.29, 0.717) is 5.92 Å². The van der Waals surface area contributed by atoms with Crippen molar-refractivity contribution in [1.82, 2.24) is 9.88 Å². The van der Waals surface area contributed by atoms with Crippen LogP contribution in [0, 0.1) is 5.92 Å². The van der Waals surface area contributed by atoms with Gasteiger partial charge in [-0.15, -0.1) is 0 Å². The van der Waals surface area contributed by atoms with E-state index >= 15 is 0 Å². The molecule has 0 aliphatic carbocycles.